The Morgan fingerprint density at radius 1 is 1.15 bits per heavy atom. The maximum atomic E-state index is 12.5. The number of halogens is 3. The number of hydrogen-bond donors (Lipinski definition) is 2. The van der Waals surface area contributed by atoms with Crippen molar-refractivity contribution in [1.29, 1.82) is 0 Å². The zero-order chi connectivity index (χ0) is 24.0. The molecule has 3 aromatic heterocycles. The van der Waals surface area contributed by atoms with Crippen LogP contribution in [0, 0.1) is 0 Å². The smallest absolute Gasteiger partial charge is 0.422 e. The molecule has 0 bridgehead atoms. The van der Waals surface area contributed by atoms with E-state index in [0.29, 0.717) is 16.5 Å². The van der Waals surface area contributed by atoms with E-state index in [4.69, 9.17) is 4.74 Å². The first-order valence-electron chi connectivity index (χ1n) is 9.74. The lowest BCUT2D eigenvalue weighted by Gasteiger charge is -2.11. The van der Waals surface area contributed by atoms with Crippen molar-refractivity contribution >= 4 is 22.7 Å². The number of fused-ring (bicyclic) bond motifs is 1. The predicted octanol–water partition coefficient (Wildman–Crippen LogP) is 1.69. The second-order valence-corrected chi connectivity index (χ2v) is 6.88. The van der Waals surface area contributed by atoms with Crippen molar-refractivity contribution < 1.29 is 32.2 Å². The molecule has 0 saturated carbocycles. The topological polar surface area (TPSA) is 120 Å². The van der Waals surface area contributed by atoms with Gasteiger partial charge in [-0.1, -0.05) is 0 Å². The summed E-state index contributed by atoms with van der Waals surface area (Å²) in [7, 11) is 1.34. The van der Waals surface area contributed by atoms with Crippen LogP contribution in [0.2, 0.25) is 0 Å². The summed E-state index contributed by atoms with van der Waals surface area (Å²) < 4.78 is 48.4. The molecule has 0 fully saturated rings. The third-order valence-electron chi connectivity index (χ3n) is 4.30. The van der Waals surface area contributed by atoms with E-state index in [1.54, 1.807) is 12.3 Å². The van der Waals surface area contributed by atoms with Gasteiger partial charge < -0.3 is 20.1 Å². The molecule has 3 rings (SSSR count). The molecule has 0 spiro atoms. The van der Waals surface area contributed by atoms with E-state index in [9.17, 15) is 22.8 Å². The minimum Gasteiger partial charge on any atom is -0.481 e. The molecule has 33 heavy (non-hydrogen) atoms. The zero-order valence-electron chi connectivity index (χ0n) is 17.8. The van der Waals surface area contributed by atoms with Gasteiger partial charge in [-0.3, -0.25) is 19.3 Å². The van der Waals surface area contributed by atoms with Crippen molar-refractivity contribution in [3.63, 3.8) is 0 Å². The van der Waals surface area contributed by atoms with Crippen LogP contribution in [0.3, 0.4) is 0 Å². The Labute approximate surface area is 186 Å². The summed E-state index contributed by atoms with van der Waals surface area (Å²) in [6, 6.07) is 4.48. The van der Waals surface area contributed by atoms with E-state index in [1.807, 2.05) is 0 Å². The quantitative estimate of drug-likeness (QED) is 0.461. The Hall–Kier alpha value is -3.90. The molecule has 0 radical (unpaired) electrons. The van der Waals surface area contributed by atoms with Crippen LogP contribution in [0.25, 0.3) is 10.9 Å². The molecule has 0 saturated heterocycles. The largest absolute Gasteiger partial charge is 0.481 e. The van der Waals surface area contributed by atoms with Gasteiger partial charge >= 0.3 is 6.18 Å². The third kappa shape index (κ3) is 6.54. The molecule has 13 heteroatoms. The van der Waals surface area contributed by atoms with Crippen LogP contribution >= 0.6 is 0 Å². The molecule has 0 aliphatic rings. The highest BCUT2D eigenvalue weighted by Gasteiger charge is 2.28. The summed E-state index contributed by atoms with van der Waals surface area (Å²) in [5.41, 5.74) is 1.23. The molecule has 10 nitrogen and oxygen atoms in total. The lowest BCUT2D eigenvalue weighted by Crippen LogP contribution is -2.34. The summed E-state index contributed by atoms with van der Waals surface area (Å²) in [5.74, 6) is -0.754. The second kappa shape index (κ2) is 10.1. The fraction of sp³-hybridized carbons (Fsp3) is 0.350. The Morgan fingerprint density at radius 2 is 1.91 bits per heavy atom. The summed E-state index contributed by atoms with van der Waals surface area (Å²) in [6.07, 6.45) is -1.40. The van der Waals surface area contributed by atoms with Crippen LogP contribution < -0.4 is 20.1 Å². The number of ether oxygens (including phenoxy) is 2. The molecular formula is C20H21F3N6O4. The van der Waals surface area contributed by atoms with E-state index < -0.39 is 18.7 Å². The van der Waals surface area contributed by atoms with E-state index in [1.165, 1.54) is 37.0 Å². The maximum Gasteiger partial charge on any atom is 0.422 e. The first-order chi connectivity index (χ1) is 15.7. The number of hydrogen-bond acceptors (Lipinski definition) is 7. The second-order valence-electron chi connectivity index (χ2n) is 6.88. The van der Waals surface area contributed by atoms with Gasteiger partial charge in [-0.05, 0) is 12.1 Å². The average Bonchev–Trinajstić information content (AvgIpc) is 3.17. The number of methoxy groups -OCH3 is 1. The fourth-order valence-corrected chi connectivity index (χ4v) is 2.91. The van der Waals surface area contributed by atoms with Gasteiger partial charge in [-0.25, -0.2) is 0 Å². The summed E-state index contributed by atoms with van der Waals surface area (Å²) in [5, 5.41) is 10.2. The van der Waals surface area contributed by atoms with Crippen molar-refractivity contribution in [3.8, 4) is 11.8 Å². The van der Waals surface area contributed by atoms with E-state index in [-0.39, 0.29) is 43.0 Å². The molecule has 0 unspecified atom stereocenters. The van der Waals surface area contributed by atoms with Gasteiger partial charge in [0, 0.05) is 44.0 Å². The summed E-state index contributed by atoms with van der Waals surface area (Å²) in [4.78, 5) is 31.5. The summed E-state index contributed by atoms with van der Waals surface area (Å²) in [6.45, 7) is 0.609. The highest BCUT2D eigenvalue weighted by atomic mass is 19.4. The molecule has 2 amide bonds. The predicted molar refractivity (Wildman–Crippen MR) is 110 cm³/mol. The highest BCUT2D eigenvalue weighted by Crippen LogP contribution is 2.24. The SMILES string of the molecule is COc1nc(OCC(F)(F)F)ccc1Cn1cc2c(C(=O)NCCNC(C)=O)nccc2n1. The zero-order valence-corrected chi connectivity index (χ0v) is 17.8. The number of nitrogens with one attached hydrogen (secondary N) is 2. The minimum atomic E-state index is -4.48. The highest BCUT2D eigenvalue weighted by molar-refractivity contribution is 6.04. The van der Waals surface area contributed by atoms with Gasteiger partial charge in [0.2, 0.25) is 17.7 Å². The number of alkyl halides is 3. The van der Waals surface area contributed by atoms with Crippen LogP contribution in [0.1, 0.15) is 23.0 Å². The van der Waals surface area contributed by atoms with E-state index in [0.717, 1.165) is 0 Å². The number of pyridine rings is 2. The normalized spacial score (nSPS) is 11.3. The Balaban J connectivity index is 1.75. The Bertz CT molecular complexity index is 1150. The van der Waals surface area contributed by atoms with E-state index in [2.05, 4.69) is 30.4 Å². The van der Waals surface area contributed by atoms with Crippen molar-refractivity contribution in [3.05, 3.63) is 41.9 Å². The van der Waals surface area contributed by atoms with Crippen molar-refractivity contribution in [2.45, 2.75) is 19.6 Å². The molecule has 176 valence electrons. The number of amides is 2. The van der Waals surface area contributed by atoms with Crippen LogP contribution in [-0.4, -0.2) is 64.5 Å². The Kier molecular flexibility index (Phi) is 7.30. The number of nitrogens with zero attached hydrogens (tertiary/aromatic N) is 4. The molecule has 3 heterocycles. The molecule has 0 aliphatic carbocycles. The van der Waals surface area contributed by atoms with Gasteiger partial charge in [-0.2, -0.15) is 23.3 Å². The van der Waals surface area contributed by atoms with Crippen LogP contribution in [-0.2, 0) is 11.3 Å². The van der Waals surface area contributed by atoms with Gasteiger partial charge in [0.25, 0.3) is 5.91 Å². The number of carbonyl (C=O) groups excluding carboxylic acids is 2. The molecular weight excluding hydrogens is 445 g/mol. The van der Waals surface area contributed by atoms with Crippen molar-refractivity contribution in [2.75, 3.05) is 26.8 Å². The monoisotopic (exact) mass is 466 g/mol. The maximum absolute atomic E-state index is 12.5. The van der Waals surface area contributed by atoms with Gasteiger partial charge in [0.15, 0.2) is 6.61 Å². The van der Waals surface area contributed by atoms with Crippen LogP contribution in [0.5, 0.6) is 11.8 Å². The van der Waals surface area contributed by atoms with Crippen LogP contribution in [0.15, 0.2) is 30.6 Å². The third-order valence-corrected chi connectivity index (χ3v) is 4.30. The molecule has 0 aliphatic heterocycles. The minimum absolute atomic E-state index is 0.0864. The first-order valence-corrected chi connectivity index (χ1v) is 9.74. The van der Waals surface area contributed by atoms with E-state index >= 15 is 0 Å². The molecule has 0 atom stereocenters. The Morgan fingerprint density at radius 3 is 2.61 bits per heavy atom. The molecule has 0 aromatic carbocycles. The summed E-state index contributed by atoms with van der Waals surface area (Å²) >= 11 is 0. The average molecular weight is 466 g/mol. The molecule has 2 N–H and O–H groups in total. The number of aromatic nitrogens is 4. The van der Waals surface area contributed by atoms with Crippen LogP contribution in [0.4, 0.5) is 13.2 Å². The lowest BCUT2D eigenvalue weighted by molar-refractivity contribution is -0.154. The molecule has 3 aromatic rings. The number of rotatable bonds is 9. The lowest BCUT2D eigenvalue weighted by atomic mass is 10.2. The van der Waals surface area contributed by atoms with Crippen molar-refractivity contribution in [2.24, 2.45) is 0 Å². The van der Waals surface area contributed by atoms with Gasteiger partial charge in [0.05, 0.1) is 24.6 Å². The van der Waals surface area contributed by atoms with Gasteiger partial charge in [-0.15, -0.1) is 0 Å². The fourth-order valence-electron chi connectivity index (χ4n) is 2.91. The van der Waals surface area contributed by atoms with Gasteiger partial charge in [0.1, 0.15) is 5.69 Å². The van der Waals surface area contributed by atoms with Crippen molar-refractivity contribution in [1.82, 2.24) is 30.4 Å². The number of carbonyl (C=O) groups is 2. The first kappa shape index (κ1) is 23.8. The standard InChI is InChI=1S/C20H21F3N6O4/c1-12(30)24-7-8-26-18(31)17-14-10-29(28-15(14)5-6-25-17)9-13-3-4-16(27-19(13)32-2)33-11-20(21,22)23/h3-6,10H,7-9,11H2,1-2H3,(H,24,30)(H,26,31).